The van der Waals surface area contributed by atoms with Gasteiger partial charge in [-0.2, -0.15) is 0 Å². The van der Waals surface area contributed by atoms with Crippen molar-refractivity contribution in [2.24, 2.45) is 0 Å². The normalized spacial score (nSPS) is 6.00. The van der Waals surface area contributed by atoms with Gasteiger partial charge < -0.3 is 18.1 Å². The molecule has 0 atom stereocenters. The summed E-state index contributed by atoms with van der Waals surface area (Å²) in [6, 6.07) is 0. The van der Waals surface area contributed by atoms with Crippen LogP contribution >= 0.6 is 11.6 Å². The third kappa shape index (κ3) is 12.4. The third-order valence-electron chi connectivity index (χ3n) is 0.134. The van der Waals surface area contributed by atoms with E-state index < -0.39 is 0 Å². The van der Waals surface area contributed by atoms with Gasteiger partial charge in [-0.1, -0.05) is 0 Å². The van der Waals surface area contributed by atoms with Crippen LogP contribution in [0.3, 0.4) is 0 Å². The minimum Gasteiger partial charge on any atom is -1.00 e. The summed E-state index contributed by atoms with van der Waals surface area (Å²) in [6.07, 6.45) is 0. The molecule has 0 aliphatic carbocycles. The molecule has 0 bridgehead atoms. The molecule has 0 spiro atoms. The van der Waals surface area contributed by atoms with Gasteiger partial charge in [0.25, 0.3) is 0 Å². The monoisotopic (exact) mass is 115 g/mol. The van der Waals surface area contributed by atoms with Crippen LogP contribution in [0.25, 0.3) is 0 Å². The van der Waals surface area contributed by atoms with Crippen molar-refractivity contribution < 1.29 is 18.1 Å². The first-order valence-electron chi connectivity index (χ1n) is 1.27. The summed E-state index contributed by atoms with van der Waals surface area (Å²) >= 11 is 5.12. The Kier molecular flexibility index (Phi) is 16.1. The predicted molar refractivity (Wildman–Crippen MR) is 18.5 cm³/mol. The SMILES string of the molecule is [Cl-].[NH3+]CCCl. The zero-order chi connectivity index (χ0) is 3.41. The van der Waals surface area contributed by atoms with Gasteiger partial charge in [0.15, 0.2) is 0 Å². The van der Waals surface area contributed by atoms with Crippen molar-refractivity contribution in [1.82, 2.24) is 0 Å². The molecule has 0 aromatic rings. The fourth-order valence-electron chi connectivity index (χ4n) is 0. The molecular weight excluding hydrogens is 109 g/mol. The molecule has 0 saturated heterocycles. The quantitative estimate of drug-likeness (QED) is 0.344. The van der Waals surface area contributed by atoms with Gasteiger partial charge >= 0.3 is 0 Å². The van der Waals surface area contributed by atoms with E-state index in [9.17, 15) is 0 Å². The summed E-state index contributed by atoms with van der Waals surface area (Å²) in [5.74, 6) is 0.681. The number of rotatable bonds is 1. The highest BCUT2D eigenvalue weighted by molar-refractivity contribution is 6.17. The number of hydrogen-bond acceptors (Lipinski definition) is 0. The first kappa shape index (κ1) is 9.11. The van der Waals surface area contributed by atoms with Gasteiger partial charge in [-0.05, 0) is 0 Å². The van der Waals surface area contributed by atoms with Crippen LogP contribution in [0.2, 0.25) is 0 Å². The highest BCUT2D eigenvalue weighted by Gasteiger charge is 1.62. The van der Waals surface area contributed by atoms with Crippen molar-refractivity contribution in [2.45, 2.75) is 0 Å². The van der Waals surface area contributed by atoms with Crippen molar-refractivity contribution in [1.29, 1.82) is 0 Å². The van der Waals surface area contributed by atoms with Gasteiger partial charge in [0.05, 0.1) is 12.4 Å². The van der Waals surface area contributed by atoms with Gasteiger partial charge in [-0.3, -0.25) is 0 Å². The molecule has 0 aliphatic rings. The summed E-state index contributed by atoms with van der Waals surface area (Å²) in [5, 5.41) is 0. The van der Waals surface area contributed by atoms with Gasteiger partial charge in [-0.15, -0.1) is 11.6 Å². The molecule has 0 rings (SSSR count). The average Bonchev–Trinajstić information content (AvgIpc) is 1.37. The molecular formula is C2H7Cl2N. The summed E-state index contributed by atoms with van der Waals surface area (Å²) in [5.41, 5.74) is 3.47. The maximum absolute atomic E-state index is 5.12. The Bertz CT molecular complexity index is 9.61. The van der Waals surface area contributed by atoms with E-state index in [1.165, 1.54) is 0 Å². The van der Waals surface area contributed by atoms with E-state index in [0.29, 0.717) is 5.88 Å². The summed E-state index contributed by atoms with van der Waals surface area (Å²) in [6.45, 7) is 0.835. The van der Waals surface area contributed by atoms with Crippen LogP contribution in [0.5, 0.6) is 0 Å². The van der Waals surface area contributed by atoms with E-state index in [1.807, 2.05) is 0 Å². The van der Waals surface area contributed by atoms with Crippen LogP contribution < -0.4 is 18.1 Å². The maximum Gasteiger partial charge on any atom is 0.0877 e. The van der Waals surface area contributed by atoms with Crippen molar-refractivity contribution in [2.75, 3.05) is 12.4 Å². The van der Waals surface area contributed by atoms with Crippen LogP contribution in [0.1, 0.15) is 0 Å². The molecule has 0 amide bonds. The Morgan fingerprint density at radius 2 is 1.80 bits per heavy atom. The molecule has 1 nitrogen and oxygen atoms in total. The number of quaternary nitrogens is 1. The number of hydrogen-bond donors (Lipinski definition) is 1. The third-order valence-corrected chi connectivity index (χ3v) is 0.401. The number of halogens is 2. The molecule has 5 heavy (non-hydrogen) atoms. The Morgan fingerprint density at radius 3 is 1.80 bits per heavy atom. The smallest absolute Gasteiger partial charge is 0.0877 e. The molecule has 0 heterocycles. The largest absolute Gasteiger partial charge is 1.00 e. The molecule has 3 heteroatoms. The van der Waals surface area contributed by atoms with E-state index in [0.717, 1.165) is 6.54 Å². The average molecular weight is 116 g/mol. The highest BCUT2D eigenvalue weighted by Crippen LogP contribution is 1.58. The van der Waals surface area contributed by atoms with E-state index in [-0.39, 0.29) is 12.4 Å². The second kappa shape index (κ2) is 8.82. The van der Waals surface area contributed by atoms with Gasteiger partial charge in [0.1, 0.15) is 0 Å². The first-order chi connectivity index (χ1) is 1.91. The van der Waals surface area contributed by atoms with E-state index in [4.69, 9.17) is 11.6 Å². The second-order valence-electron chi connectivity index (χ2n) is 0.543. The Hall–Kier alpha value is 0.540. The lowest BCUT2D eigenvalue weighted by atomic mass is 10.8. The van der Waals surface area contributed by atoms with Gasteiger partial charge in [-0.25, -0.2) is 0 Å². The molecule has 0 radical (unpaired) electrons. The van der Waals surface area contributed by atoms with Crippen molar-refractivity contribution in [3.8, 4) is 0 Å². The minimum absolute atomic E-state index is 0. The molecule has 0 saturated carbocycles. The fourth-order valence-corrected chi connectivity index (χ4v) is 0. The molecule has 0 aromatic carbocycles. The second-order valence-corrected chi connectivity index (χ2v) is 0.921. The topological polar surface area (TPSA) is 27.6 Å². The minimum atomic E-state index is 0. The molecule has 0 fully saturated rings. The van der Waals surface area contributed by atoms with Crippen molar-refractivity contribution in [3.63, 3.8) is 0 Å². The van der Waals surface area contributed by atoms with Crippen molar-refractivity contribution in [3.05, 3.63) is 0 Å². The van der Waals surface area contributed by atoms with Crippen LogP contribution in [-0.2, 0) is 0 Å². The molecule has 0 aromatic heterocycles. The standard InChI is InChI=1S/C2H6ClN.ClH/c3-1-2-4;/h1-2,4H2;1H. The Morgan fingerprint density at radius 1 is 1.60 bits per heavy atom. The summed E-state index contributed by atoms with van der Waals surface area (Å²) < 4.78 is 0. The Labute approximate surface area is 42.9 Å². The first-order valence-corrected chi connectivity index (χ1v) is 1.80. The van der Waals surface area contributed by atoms with Crippen LogP contribution in [-0.4, -0.2) is 12.4 Å². The van der Waals surface area contributed by atoms with Crippen molar-refractivity contribution >= 4 is 11.6 Å². The molecule has 34 valence electrons. The highest BCUT2D eigenvalue weighted by atomic mass is 35.5. The zero-order valence-electron chi connectivity index (χ0n) is 2.88. The van der Waals surface area contributed by atoms with Gasteiger partial charge in [0, 0.05) is 0 Å². The molecule has 0 unspecified atom stereocenters. The van der Waals surface area contributed by atoms with Gasteiger partial charge in [0.2, 0.25) is 0 Å². The summed E-state index contributed by atoms with van der Waals surface area (Å²) in [7, 11) is 0. The summed E-state index contributed by atoms with van der Waals surface area (Å²) in [4.78, 5) is 0. The molecule has 3 N–H and O–H groups in total. The Balaban J connectivity index is 0. The lowest BCUT2D eigenvalue weighted by Crippen LogP contribution is -3.00. The van der Waals surface area contributed by atoms with E-state index in [1.54, 1.807) is 0 Å². The number of alkyl halides is 1. The lowest BCUT2D eigenvalue weighted by Gasteiger charge is -1.64. The van der Waals surface area contributed by atoms with Crippen LogP contribution in [0, 0.1) is 0 Å². The maximum atomic E-state index is 5.12. The van der Waals surface area contributed by atoms with E-state index >= 15 is 0 Å². The molecule has 0 aliphatic heterocycles. The lowest BCUT2D eigenvalue weighted by molar-refractivity contribution is -0.360. The zero-order valence-corrected chi connectivity index (χ0v) is 4.39. The van der Waals surface area contributed by atoms with Crippen LogP contribution in [0.4, 0.5) is 0 Å². The van der Waals surface area contributed by atoms with Crippen LogP contribution in [0.15, 0.2) is 0 Å². The predicted octanol–water partition coefficient (Wildman–Crippen LogP) is -3.53. The fraction of sp³-hybridized carbons (Fsp3) is 1.00. The van der Waals surface area contributed by atoms with E-state index in [2.05, 4.69) is 5.73 Å².